The first-order valence-electron chi connectivity index (χ1n) is 6.88. The average molecular weight is 267 g/mol. The molecule has 1 aromatic rings. The highest BCUT2D eigenvalue weighted by Crippen LogP contribution is 2.28. The summed E-state index contributed by atoms with van der Waals surface area (Å²) < 4.78 is 0. The lowest BCUT2D eigenvalue weighted by molar-refractivity contribution is -0.117. The monoisotopic (exact) mass is 266 g/mol. The SMILES string of the molecule is CCCCCC[C@H](CC(C)=O)c1cccc(Cl)c1. The van der Waals surface area contributed by atoms with Crippen LogP contribution in [0.2, 0.25) is 5.02 Å². The molecule has 0 aliphatic rings. The van der Waals surface area contributed by atoms with E-state index in [0.29, 0.717) is 12.3 Å². The molecule has 2 heteroatoms. The second-order valence-corrected chi connectivity index (χ2v) is 5.44. The van der Waals surface area contributed by atoms with Crippen molar-refractivity contribution in [2.24, 2.45) is 0 Å². The minimum absolute atomic E-state index is 0.260. The molecule has 0 N–H and O–H groups in total. The minimum Gasteiger partial charge on any atom is -0.300 e. The lowest BCUT2D eigenvalue weighted by Crippen LogP contribution is -2.04. The first-order valence-corrected chi connectivity index (χ1v) is 7.26. The Hall–Kier alpha value is -0.820. The van der Waals surface area contributed by atoms with E-state index in [4.69, 9.17) is 11.6 Å². The van der Waals surface area contributed by atoms with Gasteiger partial charge in [-0.15, -0.1) is 0 Å². The first-order chi connectivity index (χ1) is 8.63. The predicted molar refractivity (Wildman–Crippen MR) is 78.3 cm³/mol. The van der Waals surface area contributed by atoms with E-state index < -0.39 is 0 Å². The number of hydrogen-bond donors (Lipinski definition) is 0. The third-order valence-electron chi connectivity index (χ3n) is 3.26. The van der Waals surface area contributed by atoms with Gasteiger partial charge in [-0.05, 0) is 37.0 Å². The molecule has 0 aliphatic heterocycles. The standard InChI is InChI=1S/C16H23ClO/c1-3-4-5-6-8-14(11-13(2)18)15-9-7-10-16(17)12-15/h7,9-10,12,14H,3-6,8,11H2,1-2H3/t14-/m1/s1. The van der Waals surface area contributed by atoms with E-state index in [9.17, 15) is 4.79 Å². The van der Waals surface area contributed by atoms with Crippen LogP contribution in [0.25, 0.3) is 0 Å². The van der Waals surface area contributed by atoms with Crippen LogP contribution in [0.5, 0.6) is 0 Å². The van der Waals surface area contributed by atoms with E-state index in [1.165, 1.54) is 31.2 Å². The minimum atomic E-state index is 0.260. The van der Waals surface area contributed by atoms with E-state index in [1.807, 2.05) is 18.2 Å². The van der Waals surface area contributed by atoms with Crippen molar-refractivity contribution < 1.29 is 4.79 Å². The smallest absolute Gasteiger partial charge is 0.130 e. The van der Waals surface area contributed by atoms with Crippen molar-refractivity contribution in [3.63, 3.8) is 0 Å². The van der Waals surface area contributed by atoms with E-state index >= 15 is 0 Å². The van der Waals surface area contributed by atoms with Gasteiger partial charge < -0.3 is 4.79 Å². The Morgan fingerprint density at radius 3 is 2.67 bits per heavy atom. The number of carbonyl (C=O) groups excluding carboxylic acids is 1. The highest BCUT2D eigenvalue weighted by Gasteiger charge is 2.13. The summed E-state index contributed by atoms with van der Waals surface area (Å²) in [4.78, 5) is 11.4. The van der Waals surface area contributed by atoms with Crippen LogP contribution in [0.4, 0.5) is 0 Å². The molecule has 1 aromatic carbocycles. The summed E-state index contributed by atoms with van der Waals surface area (Å²) in [6.45, 7) is 3.88. The Labute approximate surface area is 116 Å². The number of benzene rings is 1. The predicted octanol–water partition coefficient (Wildman–Crippen LogP) is 5.37. The number of Topliss-reactive ketones (excluding diaryl/α,β-unsaturated/α-hetero) is 1. The van der Waals surface area contributed by atoms with Crippen molar-refractivity contribution in [2.75, 3.05) is 0 Å². The third kappa shape index (κ3) is 5.68. The molecule has 0 unspecified atom stereocenters. The number of ketones is 1. The van der Waals surface area contributed by atoms with Gasteiger partial charge in [0, 0.05) is 11.4 Å². The first kappa shape index (κ1) is 15.2. The maximum atomic E-state index is 11.4. The summed E-state index contributed by atoms with van der Waals surface area (Å²) in [5.41, 5.74) is 1.20. The van der Waals surface area contributed by atoms with E-state index in [2.05, 4.69) is 13.0 Å². The normalized spacial score (nSPS) is 12.4. The van der Waals surface area contributed by atoms with E-state index in [-0.39, 0.29) is 5.78 Å². The molecule has 1 rings (SSSR count). The molecule has 0 saturated carbocycles. The quantitative estimate of drug-likeness (QED) is 0.578. The Kier molecular flexibility index (Phi) is 7.04. The molecule has 0 spiro atoms. The van der Waals surface area contributed by atoms with Crippen molar-refractivity contribution >= 4 is 17.4 Å². The van der Waals surface area contributed by atoms with Gasteiger partial charge in [0.1, 0.15) is 5.78 Å². The van der Waals surface area contributed by atoms with Crippen LogP contribution in [-0.4, -0.2) is 5.78 Å². The second-order valence-electron chi connectivity index (χ2n) is 5.01. The molecule has 0 bridgehead atoms. The summed E-state index contributed by atoms with van der Waals surface area (Å²) in [5.74, 6) is 0.591. The van der Waals surface area contributed by atoms with Gasteiger partial charge in [-0.1, -0.05) is 56.3 Å². The van der Waals surface area contributed by atoms with Crippen LogP contribution in [0, 0.1) is 0 Å². The Bertz CT molecular complexity index is 373. The molecule has 0 heterocycles. The highest BCUT2D eigenvalue weighted by atomic mass is 35.5. The fourth-order valence-corrected chi connectivity index (χ4v) is 2.51. The molecular formula is C16H23ClO. The van der Waals surface area contributed by atoms with Gasteiger partial charge in [0.2, 0.25) is 0 Å². The Balaban J connectivity index is 2.62. The highest BCUT2D eigenvalue weighted by molar-refractivity contribution is 6.30. The molecular weight excluding hydrogens is 244 g/mol. The zero-order valence-electron chi connectivity index (χ0n) is 11.4. The lowest BCUT2D eigenvalue weighted by Gasteiger charge is -2.16. The fraction of sp³-hybridized carbons (Fsp3) is 0.562. The van der Waals surface area contributed by atoms with Gasteiger partial charge in [0.15, 0.2) is 0 Å². The molecule has 1 nitrogen and oxygen atoms in total. The van der Waals surface area contributed by atoms with Gasteiger partial charge in [-0.2, -0.15) is 0 Å². The van der Waals surface area contributed by atoms with Crippen molar-refractivity contribution in [3.05, 3.63) is 34.9 Å². The van der Waals surface area contributed by atoms with Crippen LogP contribution in [0.15, 0.2) is 24.3 Å². The van der Waals surface area contributed by atoms with Crippen LogP contribution >= 0.6 is 11.6 Å². The van der Waals surface area contributed by atoms with Crippen molar-refractivity contribution in [1.82, 2.24) is 0 Å². The molecule has 1 atom stereocenters. The van der Waals surface area contributed by atoms with Gasteiger partial charge in [0.25, 0.3) is 0 Å². The summed E-state index contributed by atoms with van der Waals surface area (Å²) in [6.07, 6.45) is 6.69. The maximum absolute atomic E-state index is 11.4. The zero-order chi connectivity index (χ0) is 13.4. The number of carbonyl (C=O) groups is 1. The number of unbranched alkanes of at least 4 members (excludes halogenated alkanes) is 3. The number of rotatable bonds is 8. The van der Waals surface area contributed by atoms with Gasteiger partial charge in [-0.3, -0.25) is 0 Å². The number of halogens is 1. The largest absolute Gasteiger partial charge is 0.300 e. The van der Waals surface area contributed by atoms with E-state index in [1.54, 1.807) is 6.92 Å². The molecule has 0 radical (unpaired) electrons. The van der Waals surface area contributed by atoms with Crippen LogP contribution in [-0.2, 0) is 4.79 Å². The fourth-order valence-electron chi connectivity index (χ4n) is 2.31. The van der Waals surface area contributed by atoms with E-state index in [0.717, 1.165) is 11.4 Å². The Morgan fingerprint density at radius 1 is 1.28 bits per heavy atom. The van der Waals surface area contributed by atoms with Crippen molar-refractivity contribution in [1.29, 1.82) is 0 Å². The van der Waals surface area contributed by atoms with Crippen LogP contribution in [0.3, 0.4) is 0 Å². The average Bonchev–Trinajstić information content (AvgIpc) is 2.32. The van der Waals surface area contributed by atoms with Crippen LogP contribution in [0.1, 0.15) is 63.9 Å². The van der Waals surface area contributed by atoms with Gasteiger partial charge in [0.05, 0.1) is 0 Å². The number of hydrogen-bond acceptors (Lipinski definition) is 1. The summed E-state index contributed by atoms with van der Waals surface area (Å²) >= 11 is 6.02. The van der Waals surface area contributed by atoms with Gasteiger partial charge >= 0.3 is 0 Å². The molecule has 0 aliphatic carbocycles. The molecule has 100 valence electrons. The lowest BCUT2D eigenvalue weighted by atomic mass is 9.89. The van der Waals surface area contributed by atoms with Crippen LogP contribution < -0.4 is 0 Å². The molecule has 0 amide bonds. The Morgan fingerprint density at radius 2 is 2.06 bits per heavy atom. The molecule has 0 fully saturated rings. The zero-order valence-corrected chi connectivity index (χ0v) is 12.2. The topological polar surface area (TPSA) is 17.1 Å². The summed E-state index contributed by atoms with van der Waals surface area (Å²) in [6, 6.07) is 7.93. The van der Waals surface area contributed by atoms with Crippen molar-refractivity contribution in [2.45, 2.75) is 58.3 Å². The molecule has 0 saturated heterocycles. The third-order valence-corrected chi connectivity index (χ3v) is 3.50. The molecule has 0 aromatic heterocycles. The summed E-state index contributed by atoms with van der Waals surface area (Å²) in [7, 11) is 0. The second kappa shape index (κ2) is 8.31. The summed E-state index contributed by atoms with van der Waals surface area (Å²) in [5, 5.41) is 0.759. The maximum Gasteiger partial charge on any atom is 0.130 e. The van der Waals surface area contributed by atoms with Gasteiger partial charge in [-0.25, -0.2) is 0 Å². The molecule has 18 heavy (non-hydrogen) atoms. The van der Waals surface area contributed by atoms with Crippen molar-refractivity contribution in [3.8, 4) is 0 Å².